The highest BCUT2D eigenvalue weighted by Gasteiger charge is 2.11. The summed E-state index contributed by atoms with van der Waals surface area (Å²) in [6.07, 6.45) is 0.452. The van der Waals surface area contributed by atoms with Gasteiger partial charge in [-0.3, -0.25) is 30.0 Å². The van der Waals surface area contributed by atoms with Gasteiger partial charge in [0, 0.05) is 24.1 Å². The summed E-state index contributed by atoms with van der Waals surface area (Å²) in [4.78, 5) is 47.2. The fourth-order valence-corrected chi connectivity index (χ4v) is 2.52. The molecule has 0 bridgehead atoms. The maximum Gasteiger partial charge on any atom is 0.306 e. The second-order valence-corrected chi connectivity index (χ2v) is 6.75. The normalized spacial score (nSPS) is 10.1. The maximum absolute atomic E-state index is 12.0. The molecule has 0 fully saturated rings. The first-order valence-electron chi connectivity index (χ1n) is 9.52. The Morgan fingerprint density at radius 3 is 2.33 bits per heavy atom. The Labute approximate surface area is 175 Å². The zero-order chi connectivity index (χ0) is 21.9. The number of nitrogens with one attached hydrogen (secondary N) is 3. The lowest BCUT2D eigenvalue weighted by Gasteiger charge is -2.10. The third-order valence-electron chi connectivity index (χ3n) is 4.17. The van der Waals surface area contributed by atoms with Gasteiger partial charge in [-0.25, -0.2) is 0 Å². The van der Waals surface area contributed by atoms with Gasteiger partial charge in [0.05, 0.1) is 0 Å². The number of hydrogen-bond acceptors (Lipinski definition) is 5. The van der Waals surface area contributed by atoms with Crippen LogP contribution in [-0.4, -0.2) is 30.3 Å². The summed E-state index contributed by atoms with van der Waals surface area (Å²) in [6, 6.07) is 14.1. The second kappa shape index (κ2) is 11.4. The molecule has 2 aromatic carbocycles. The summed E-state index contributed by atoms with van der Waals surface area (Å²) in [5.41, 5.74) is 7.52. The van der Waals surface area contributed by atoms with Gasteiger partial charge in [-0.05, 0) is 49.6 Å². The number of carbonyl (C=O) groups is 4. The average Bonchev–Trinajstić information content (AvgIpc) is 2.73. The van der Waals surface area contributed by atoms with E-state index in [4.69, 9.17) is 4.74 Å². The molecule has 0 saturated carbocycles. The highest BCUT2D eigenvalue weighted by atomic mass is 16.5. The third-order valence-corrected chi connectivity index (χ3v) is 4.17. The highest BCUT2D eigenvalue weighted by Crippen LogP contribution is 2.16. The van der Waals surface area contributed by atoms with Crippen molar-refractivity contribution in [3.8, 4) is 0 Å². The Bertz CT molecular complexity index is 912. The van der Waals surface area contributed by atoms with E-state index in [0.29, 0.717) is 12.0 Å². The van der Waals surface area contributed by atoms with Crippen molar-refractivity contribution in [2.24, 2.45) is 0 Å². The molecule has 30 heavy (non-hydrogen) atoms. The van der Waals surface area contributed by atoms with Crippen molar-refractivity contribution in [3.63, 3.8) is 0 Å². The van der Waals surface area contributed by atoms with E-state index in [1.165, 1.54) is 0 Å². The van der Waals surface area contributed by atoms with E-state index in [0.717, 1.165) is 16.8 Å². The number of anilines is 1. The van der Waals surface area contributed by atoms with Crippen LogP contribution < -0.4 is 16.2 Å². The first-order valence-corrected chi connectivity index (χ1v) is 9.52. The molecule has 0 aliphatic carbocycles. The van der Waals surface area contributed by atoms with Gasteiger partial charge >= 0.3 is 5.97 Å². The summed E-state index contributed by atoms with van der Waals surface area (Å²) in [5.74, 6) is -1.94. The second-order valence-electron chi connectivity index (χ2n) is 6.75. The number of ether oxygens (including phenoxy) is 1. The molecule has 158 valence electrons. The molecule has 0 saturated heterocycles. The number of esters is 1. The molecule has 0 unspecified atom stereocenters. The number of amides is 3. The Balaban J connectivity index is 1.61. The monoisotopic (exact) mass is 411 g/mol. The van der Waals surface area contributed by atoms with Crippen LogP contribution >= 0.6 is 0 Å². The van der Waals surface area contributed by atoms with Crippen molar-refractivity contribution in [1.29, 1.82) is 0 Å². The van der Waals surface area contributed by atoms with Crippen LogP contribution in [0.3, 0.4) is 0 Å². The van der Waals surface area contributed by atoms with Gasteiger partial charge < -0.3 is 10.1 Å². The average molecular weight is 411 g/mol. The minimum absolute atomic E-state index is 0.00384. The molecule has 8 nitrogen and oxygen atoms in total. The van der Waals surface area contributed by atoms with Crippen LogP contribution in [-0.2, 0) is 19.1 Å². The predicted molar refractivity (Wildman–Crippen MR) is 111 cm³/mol. The summed E-state index contributed by atoms with van der Waals surface area (Å²) in [7, 11) is 0. The lowest BCUT2D eigenvalue weighted by atomic mass is 10.1. The van der Waals surface area contributed by atoms with E-state index in [9.17, 15) is 19.2 Å². The Kier molecular flexibility index (Phi) is 8.56. The van der Waals surface area contributed by atoms with Crippen LogP contribution in [0.15, 0.2) is 48.5 Å². The van der Waals surface area contributed by atoms with Gasteiger partial charge in [0.25, 0.3) is 11.8 Å². The summed E-state index contributed by atoms with van der Waals surface area (Å²) in [5, 5.41) is 2.82. The molecule has 0 radical (unpaired) electrons. The van der Waals surface area contributed by atoms with Crippen LogP contribution in [0, 0.1) is 13.8 Å². The molecule has 0 aliphatic rings. The maximum atomic E-state index is 12.0. The van der Waals surface area contributed by atoms with Gasteiger partial charge in [0.2, 0.25) is 5.91 Å². The Hall–Kier alpha value is -3.68. The Morgan fingerprint density at radius 1 is 0.867 bits per heavy atom. The van der Waals surface area contributed by atoms with Crippen LogP contribution in [0.25, 0.3) is 0 Å². The number of aryl methyl sites for hydroxylation is 2. The van der Waals surface area contributed by atoms with E-state index >= 15 is 0 Å². The number of benzene rings is 2. The van der Waals surface area contributed by atoms with Crippen LogP contribution in [0.4, 0.5) is 5.69 Å². The molecule has 0 aromatic heterocycles. The molecule has 2 rings (SSSR count). The number of hydrogen-bond donors (Lipinski definition) is 3. The van der Waals surface area contributed by atoms with Gasteiger partial charge in [-0.2, -0.15) is 0 Å². The van der Waals surface area contributed by atoms with Crippen molar-refractivity contribution >= 4 is 29.4 Å². The molecular weight excluding hydrogens is 386 g/mol. The van der Waals surface area contributed by atoms with E-state index in [1.807, 2.05) is 32.0 Å². The van der Waals surface area contributed by atoms with Crippen LogP contribution in [0.2, 0.25) is 0 Å². The van der Waals surface area contributed by atoms with E-state index in [-0.39, 0.29) is 18.7 Å². The molecule has 8 heteroatoms. The van der Waals surface area contributed by atoms with Crippen molar-refractivity contribution in [3.05, 3.63) is 65.2 Å². The zero-order valence-corrected chi connectivity index (χ0v) is 17.0. The number of carbonyl (C=O) groups excluding carboxylic acids is 4. The van der Waals surface area contributed by atoms with Gasteiger partial charge in [0.1, 0.15) is 0 Å². The molecule has 3 amide bonds. The summed E-state index contributed by atoms with van der Waals surface area (Å²) < 4.78 is 4.84. The largest absolute Gasteiger partial charge is 0.455 e. The van der Waals surface area contributed by atoms with Gasteiger partial charge in [-0.15, -0.1) is 0 Å². The minimum Gasteiger partial charge on any atom is -0.455 e. The van der Waals surface area contributed by atoms with Crippen LogP contribution in [0.1, 0.15) is 40.7 Å². The quantitative estimate of drug-likeness (QED) is 0.456. The molecule has 0 atom stereocenters. The molecule has 0 spiro atoms. The highest BCUT2D eigenvalue weighted by molar-refractivity contribution is 5.95. The van der Waals surface area contributed by atoms with E-state index in [2.05, 4.69) is 16.2 Å². The van der Waals surface area contributed by atoms with Crippen molar-refractivity contribution in [2.45, 2.75) is 33.1 Å². The Morgan fingerprint density at radius 2 is 1.60 bits per heavy atom. The predicted octanol–water partition coefficient (Wildman–Crippen LogP) is 2.42. The number of rotatable bonds is 8. The van der Waals surface area contributed by atoms with Crippen molar-refractivity contribution in [1.82, 2.24) is 10.9 Å². The first-order chi connectivity index (χ1) is 14.3. The van der Waals surface area contributed by atoms with Crippen molar-refractivity contribution in [2.75, 3.05) is 11.9 Å². The topological polar surface area (TPSA) is 114 Å². The van der Waals surface area contributed by atoms with Crippen LogP contribution in [0.5, 0.6) is 0 Å². The fraction of sp³-hybridized carbons (Fsp3) is 0.273. The standard InChI is InChI=1S/C22H25N3O5/c1-15-11-12-16(2)18(13-15)23-19(26)9-6-10-21(28)30-14-20(27)24-25-22(29)17-7-4-3-5-8-17/h3-5,7-8,11-13H,6,9-10,14H2,1-2H3,(H,23,26)(H,24,27)(H,25,29). The molecular formula is C22H25N3O5. The lowest BCUT2D eigenvalue weighted by molar-refractivity contribution is -0.148. The van der Waals surface area contributed by atoms with E-state index < -0.39 is 24.4 Å². The van der Waals surface area contributed by atoms with Gasteiger partial charge in [0.15, 0.2) is 6.61 Å². The fourth-order valence-electron chi connectivity index (χ4n) is 2.52. The summed E-state index contributed by atoms with van der Waals surface area (Å²) >= 11 is 0. The molecule has 0 heterocycles. The smallest absolute Gasteiger partial charge is 0.306 e. The SMILES string of the molecule is Cc1ccc(C)c(NC(=O)CCCC(=O)OCC(=O)NNC(=O)c2ccccc2)c1. The molecule has 0 aliphatic heterocycles. The third kappa shape index (κ3) is 7.75. The number of hydrazine groups is 1. The first kappa shape index (κ1) is 22.6. The molecule has 3 N–H and O–H groups in total. The molecule has 2 aromatic rings. The minimum atomic E-state index is -0.666. The van der Waals surface area contributed by atoms with Crippen molar-refractivity contribution < 1.29 is 23.9 Å². The lowest BCUT2D eigenvalue weighted by Crippen LogP contribution is -2.43. The summed E-state index contributed by atoms with van der Waals surface area (Å²) in [6.45, 7) is 3.32. The van der Waals surface area contributed by atoms with Gasteiger partial charge in [-0.1, -0.05) is 30.3 Å². The van der Waals surface area contributed by atoms with E-state index in [1.54, 1.807) is 30.3 Å². The zero-order valence-electron chi connectivity index (χ0n) is 17.0.